The highest BCUT2D eigenvalue weighted by molar-refractivity contribution is 7.89. The average Bonchev–Trinajstić information content (AvgIpc) is 3.12. The highest BCUT2D eigenvalue weighted by Crippen LogP contribution is 2.36. The van der Waals surface area contributed by atoms with Crippen LogP contribution in [0, 0.1) is 5.82 Å². The molecule has 0 radical (unpaired) electrons. The first kappa shape index (κ1) is 19.5. The predicted octanol–water partition coefficient (Wildman–Crippen LogP) is 2.76. The van der Waals surface area contributed by atoms with Crippen LogP contribution in [0.15, 0.2) is 64.6 Å². The quantitative estimate of drug-likeness (QED) is 0.829. The molecular weight excluding hydrogens is 397 g/mol. The van der Waals surface area contributed by atoms with E-state index in [1.54, 1.807) is 24.3 Å². The number of halogens is 1. The van der Waals surface area contributed by atoms with Crippen molar-refractivity contribution in [1.29, 1.82) is 0 Å². The fourth-order valence-corrected chi connectivity index (χ4v) is 5.26. The minimum absolute atomic E-state index is 0.00921. The number of nitrogens with zero attached hydrogens (tertiary/aromatic N) is 2. The van der Waals surface area contributed by atoms with Crippen molar-refractivity contribution in [3.63, 3.8) is 0 Å². The Morgan fingerprint density at radius 2 is 1.86 bits per heavy atom. The summed E-state index contributed by atoms with van der Waals surface area (Å²) in [7, 11) is -4.02. The van der Waals surface area contributed by atoms with Crippen LogP contribution >= 0.6 is 0 Å². The Morgan fingerprint density at radius 1 is 1.14 bits per heavy atom. The van der Waals surface area contributed by atoms with Crippen molar-refractivity contribution in [3.05, 3.63) is 60.4 Å². The highest BCUT2D eigenvalue weighted by Gasteiger charge is 2.47. The summed E-state index contributed by atoms with van der Waals surface area (Å²) in [5.41, 5.74) is -0.0764. The summed E-state index contributed by atoms with van der Waals surface area (Å²) in [6.07, 6.45) is 1.27. The van der Waals surface area contributed by atoms with Gasteiger partial charge in [0.1, 0.15) is 16.4 Å². The third-order valence-electron chi connectivity index (χ3n) is 5.09. The first-order chi connectivity index (χ1) is 13.9. The van der Waals surface area contributed by atoms with Gasteiger partial charge in [0.25, 0.3) is 5.91 Å². The largest absolute Gasteiger partial charge is 0.387 e. The van der Waals surface area contributed by atoms with Gasteiger partial charge < -0.3 is 10.2 Å². The van der Waals surface area contributed by atoms with Gasteiger partial charge in [-0.25, -0.2) is 12.8 Å². The lowest BCUT2D eigenvalue weighted by molar-refractivity contribution is -0.110. The molecular formula is C20H20FN3O4S. The zero-order chi connectivity index (χ0) is 20.5. The second kappa shape index (κ2) is 7.57. The van der Waals surface area contributed by atoms with Gasteiger partial charge >= 0.3 is 0 Å². The monoisotopic (exact) mass is 417 g/mol. The number of carbonyl (C=O) groups is 1. The summed E-state index contributed by atoms with van der Waals surface area (Å²) in [5, 5.41) is 6.67. The minimum Gasteiger partial charge on any atom is -0.387 e. The number of piperidine rings is 1. The number of nitrogens with one attached hydrogen (secondary N) is 1. The Balaban J connectivity index is 1.48. The van der Waals surface area contributed by atoms with Gasteiger partial charge in [-0.15, -0.1) is 0 Å². The Morgan fingerprint density at radius 3 is 2.62 bits per heavy atom. The number of benzene rings is 2. The SMILES string of the molecule is O=C(Nc1ccccc1)C1=NO[C@@]2(CCCN(S(=O)(=O)c3ccccc3F)C2)C1. The number of rotatable bonds is 4. The molecule has 9 heteroatoms. The van der Waals surface area contributed by atoms with Gasteiger partial charge in [-0.1, -0.05) is 35.5 Å². The molecule has 1 atom stereocenters. The standard InChI is InChI=1S/C20H20FN3O4S/c21-16-9-4-5-10-18(16)29(26,27)24-12-6-11-20(14-24)13-17(23-28-20)19(25)22-15-7-2-1-3-8-15/h1-5,7-10H,6,11-14H2,(H,22,25)/t20-/m0/s1. The van der Waals surface area contributed by atoms with Crippen molar-refractivity contribution in [1.82, 2.24) is 4.31 Å². The third kappa shape index (κ3) is 3.88. The number of para-hydroxylation sites is 1. The summed E-state index contributed by atoms with van der Waals surface area (Å²) in [5.74, 6) is -1.18. The van der Waals surface area contributed by atoms with Crippen molar-refractivity contribution < 1.29 is 22.4 Å². The average molecular weight is 417 g/mol. The number of sulfonamides is 1. The Labute approximate surface area is 168 Å². The van der Waals surface area contributed by atoms with E-state index >= 15 is 0 Å². The van der Waals surface area contributed by atoms with Gasteiger partial charge in [-0.2, -0.15) is 4.31 Å². The molecule has 1 saturated heterocycles. The first-order valence-electron chi connectivity index (χ1n) is 9.26. The Bertz CT molecular complexity index is 1060. The summed E-state index contributed by atoms with van der Waals surface area (Å²) in [6.45, 7) is 0.266. The van der Waals surface area contributed by atoms with E-state index in [4.69, 9.17) is 4.84 Å². The molecule has 0 saturated carbocycles. The van der Waals surface area contributed by atoms with Gasteiger partial charge in [0.05, 0.1) is 6.54 Å². The fourth-order valence-electron chi connectivity index (χ4n) is 3.64. The second-order valence-electron chi connectivity index (χ2n) is 7.18. The van der Waals surface area contributed by atoms with E-state index in [1.165, 1.54) is 22.5 Å². The minimum atomic E-state index is -4.02. The van der Waals surface area contributed by atoms with Crippen molar-refractivity contribution in [2.45, 2.75) is 29.8 Å². The normalized spacial score (nSPS) is 22.2. The molecule has 2 aliphatic heterocycles. The van der Waals surface area contributed by atoms with E-state index in [0.29, 0.717) is 18.5 Å². The molecule has 0 bridgehead atoms. The molecule has 152 valence electrons. The molecule has 0 aliphatic carbocycles. The van der Waals surface area contributed by atoms with E-state index in [9.17, 15) is 17.6 Å². The Hall–Kier alpha value is -2.78. The van der Waals surface area contributed by atoms with Gasteiger partial charge in [-0.3, -0.25) is 4.79 Å². The van der Waals surface area contributed by atoms with Crippen LogP contribution in [0.3, 0.4) is 0 Å². The van der Waals surface area contributed by atoms with E-state index < -0.39 is 21.4 Å². The number of hydrogen-bond donors (Lipinski definition) is 1. The van der Waals surface area contributed by atoms with Crippen LogP contribution in [0.5, 0.6) is 0 Å². The lowest BCUT2D eigenvalue weighted by Gasteiger charge is -2.37. The number of anilines is 1. The van der Waals surface area contributed by atoms with Crippen LogP contribution in [-0.2, 0) is 19.7 Å². The molecule has 1 N–H and O–H groups in total. The van der Waals surface area contributed by atoms with Gasteiger partial charge in [0, 0.05) is 18.7 Å². The first-order valence-corrected chi connectivity index (χ1v) is 10.7. The third-order valence-corrected chi connectivity index (χ3v) is 6.97. The summed E-state index contributed by atoms with van der Waals surface area (Å²) < 4.78 is 41.1. The van der Waals surface area contributed by atoms with E-state index in [1.807, 2.05) is 6.07 Å². The predicted molar refractivity (Wildman–Crippen MR) is 105 cm³/mol. The van der Waals surface area contributed by atoms with Crippen molar-refractivity contribution in [2.75, 3.05) is 18.4 Å². The fraction of sp³-hybridized carbons (Fsp3) is 0.300. The zero-order valence-corrected chi connectivity index (χ0v) is 16.4. The van der Waals surface area contributed by atoms with Crippen LogP contribution < -0.4 is 5.32 Å². The summed E-state index contributed by atoms with van der Waals surface area (Å²) in [6, 6.07) is 14.3. The van der Waals surface area contributed by atoms with E-state index in [-0.39, 0.29) is 36.0 Å². The summed E-state index contributed by atoms with van der Waals surface area (Å²) >= 11 is 0. The van der Waals surface area contributed by atoms with Crippen molar-refractivity contribution in [3.8, 4) is 0 Å². The van der Waals surface area contributed by atoms with Crippen molar-refractivity contribution in [2.24, 2.45) is 5.16 Å². The second-order valence-corrected chi connectivity index (χ2v) is 9.09. The molecule has 7 nitrogen and oxygen atoms in total. The molecule has 1 spiro atoms. The number of amides is 1. The molecule has 1 amide bonds. The van der Waals surface area contributed by atoms with Crippen molar-refractivity contribution >= 4 is 27.3 Å². The van der Waals surface area contributed by atoms with E-state index in [0.717, 1.165) is 6.07 Å². The van der Waals surface area contributed by atoms with Gasteiger partial charge in [-0.05, 0) is 37.1 Å². The molecule has 0 aromatic heterocycles. The lowest BCUT2D eigenvalue weighted by Crippen LogP contribution is -2.50. The molecule has 1 fully saturated rings. The molecule has 4 rings (SSSR count). The maximum atomic E-state index is 14.1. The number of carbonyl (C=O) groups excluding carboxylic acids is 1. The Kier molecular flexibility index (Phi) is 5.10. The van der Waals surface area contributed by atoms with Crippen LogP contribution in [0.25, 0.3) is 0 Å². The molecule has 29 heavy (non-hydrogen) atoms. The molecule has 2 heterocycles. The maximum Gasteiger partial charge on any atom is 0.273 e. The molecule has 2 aromatic rings. The molecule has 2 aliphatic rings. The number of hydrogen-bond acceptors (Lipinski definition) is 5. The summed E-state index contributed by atoms with van der Waals surface area (Å²) in [4.78, 5) is 17.7. The molecule has 2 aromatic carbocycles. The van der Waals surface area contributed by atoms with Crippen LogP contribution in [0.1, 0.15) is 19.3 Å². The number of oxime groups is 1. The topological polar surface area (TPSA) is 88.1 Å². The highest BCUT2D eigenvalue weighted by atomic mass is 32.2. The van der Waals surface area contributed by atoms with Crippen LogP contribution in [0.2, 0.25) is 0 Å². The van der Waals surface area contributed by atoms with Gasteiger partial charge in [0.2, 0.25) is 10.0 Å². The molecule has 0 unspecified atom stereocenters. The maximum absolute atomic E-state index is 14.1. The van der Waals surface area contributed by atoms with Gasteiger partial charge in [0.15, 0.2) is 5.60 Å². The van der Waals surface area contributed by atoms with Crippen LogP contribution in [-0.4, -0.2) is 43.0 Å². The smallest absolute Gasteiger partial charge is 0.273 e. The van der Waals surface area contributed by atoms with E-state index in [2.05, 4.69) is 10.5 Å². The van der Waals surface area contributed by atoms with Crippen LogP contribution in [0.4, 0.5) is 10.1 Å². The zero-order valence-electron chi connectivity index (χ0n) is 15.5. The lowest BCUT2D eigenvalue weighted by atomic mass is 9.89.